The van der Waals surface area contributed by atoms with E-state index in [9.17, 15) is 13.2 Å². The van der Waals surface area contributed by atoms with E-state index < -0.39 is 16.1 Å². The zero-order valence-corrected chi connectivity index (χ0v) is 11.0. The summed E-state index contributed by atoms with van der Waals surface area (Å²) in [6, 6.07) is 3.00. The van der Waals surface area contributed by atoms with Crippen LogP contribution < -0.4 is 0 Å². The highest BCUT2D eigenvalue weighted by Gasteiger charge is 2.24. The summed E-state index contributed by atoms with van der Waals surface area (Å²) in [4.78, 5) is 11.4. The Morgan fingerprint density at radius 2 is 2.06 bits per heavy atom. The molecule has 6 heteroatoms. The molecule has 4 nitrogen and oxygen atoms in total. The SMILES string of the molecule is CC(C)(C)CC(=O)OS(=O)(=O)c1cccs1. The van der Waals surface area contributed by atoms with E-state index in [0.29, 0.717) is 0 Å². The number of hydrogen-bond acceptors (Lipinski definition) is 5. The molecule has 1 rings (SSSR count). The lowest BCUT2D eigenvalue weighted by Crippen LogP contribution is -2.18. The van der Waals surface area contributed by atoms with Gasteiger partial charge in [-0.25, -0.2) is 0 Å². The molecule has 16 heavy (non-hydrogen) atoms. The average Bonchev–Trinajstić information content (AvgIpc) is 2.49. The minimum atomic E-state index is -3.92. The molecule has 0 amide bonds. The van der Waals surface area contributed by atoms with Gasteiger partial charge in [-0.3, -0.25) is 4.79 Å². The van der Waals surface area contributed by atoms with E-state index in [0.717, 1.165) is 11.3 Å². The van der Waals surface area contributed by atoms with Gasteiger partial charge in [0, 0.05) is 0 Å². The highest BCUT2D eigenvalue weighted by molar-refractivity contribution is 7.89. The molecule has 0 saturated heterocycles. The van der Waals surface area contributed by atoms with Crippen LogP contribution in [-0.4, -0.2) is 14.4 Å². The summed E-state index contributed by atoms with van der Waals surface area (Å²) >= 11 is 1.02. The molecule has 0 saturated carbocycles. The van der Waals surface area contributed by atoms with Crippen molar-refractivity contribution in [2.45, 2.75) is 31.4 Å². The molecule has 0 spiro atoms. The van der Waals surface area contributed by atoms with Crippen LogP contribution in [0.2, 0.25) is 0 Å². The molecule has 1 heterocycles. The van der Waals surface area contributed by atoms with Gasteiger partial charge >= 0.3 is 16.1 Å². The first kappa shape index (κ1) is 13.2. The van der Waals surface area contributed by atoms with E-state index in [-0.39, 0.29) is 16.0 Å². The van der Waals surface area contributed by atoms with Gasteiger partial charge in [-0.1, -0.05) is 26.8 Å². The van der Waals surface area contributed by atoms with Crippen molar-refractivity contribution in [2.75, 3.05) is 0 Å². The van der Waals surface area contributed by atoms with E-state index in [1.807, 2.05) is 20.8 Å². The minimum Gasteiger partial charge on any atom is -0.342 e. The third-order valence-electron chi connectivity index (χ3n) is 1.62. The average molecular weight is 262 g/mol. The number of carbonyl (C=O) groups is 1. The molecular weight excluding hydrogens is 248 g/mol. The van der Waals surface area contributed by atoms with Crippen LogP contribution in [0.15, 0.2) is 21.7 Å². The van der Waals surface area contributed by atoms with Crippen molar-refractivity contribution in [1.29, 1.82) is 0 Å². The summed E-state index contributed by atoms with van der Waals surface area (Å²) in [5, 5.41) is 1.62. The first-order valence-electron chi connectivity index (χ1n) is 4.71. The van der Waals surface area contributed by atoms with Crippen LogP contribution in [-0.2, 0) is 19.1 Å². The molecule has 1 aromatic rings. The third kappa shape index (κ3) is 3.94. The predicted octanol–water partition coefficient (Wildman–Crippen LogP) is 2.42. The summed E-state index contributed by atoms with van der Waals surface area (Å²) in [5.41, 5.74) is -0.290. The lowest BCUT2D eigenvalue weighted by molar-refractivity contribution is -0.135. The van der Waals surface area contributed by atoms with Gasteiger partial charge in [-0.15, -0.1) is 11.3 Å². The van der Waals surface area contributed by atoms with Crippen LogP contribution in [0.5, 0.6) is 0 Å². The molecule has 0 aromatic carbocycles. The van der Waals surface area contributed by atoms with Gasteiger partial charge in [0.05, 0.1) is 6.42 Å². The van der Waals surface area contributed by atoms with E-state index >= 15 is 0 Å². The maximum absolute atomic E-state index is 11.6. The molecule has 1 aromatic heterocycles. The second-order valence-electron chi connectivity index (χ2n) is 4.58. The molecule has 0 radical (unpaired) electrons. The van der Waals surface area contributed by atoms with Crippen molar-refractivity contribution in [3.05, 3.63) is 17.5 Å². The highest BCUT2D eigenvalue weighted by atomic mass is 32.3. The van der Waals surface area contributed by atoms with Gasteiger partial charge in [0.15, 0.2) is 4.21 Å². The first-order chi connectivity index (χ1) is 7.21. The van der Waals surface area contributed by atoms with Crippen LogP contribution in [0.3, 0.4) is 0 Å². The fourth-order valence-corrected chi connectivity index (χ4v) is 2.85. The van der Waals surface area contributed by atoms with E-state index in [1.54, 1.807) is 11.4 Å². The maximum atomic E-state index is 11.6. The zero-order chi connectivity index (χ0) is 12.4. The third-order valence-corrected chi connectivity index (χ3v) is 4.22. The van der Waals surface area contributed by atoms with E-state index in [4.69, 9.17) is 0 Å². The van der Waals surface area contributed by atoms with Crippen LogP contribution in [0.1, 0.15) is 27.2 Å². The van der Waals surface area contributed by atoms with Crippen molar-refractivity contribution in [3.8, 4) is 0 Å². The molecule has 0 aliphatic heterocycles. The largest absolute Gasteiger partial charge is 0.351 e. The second-order valence-corrected chi connectivity index (χ2v) is 7.30. The Kier molecular flexibility index (Phi) is 3.75. The smallest absolute Gasteiger partial charge is 0.342 e. The molecule has 0 atom stereocenters. The highest BCUT2D eigenvalue weighted by Crippen LogP contribution is 2.23. The molecule has 0 aliphatic carbocycles. The first-order valence-corrected chi connectivity index (χ1v) is 7.00. The second kappa shape index (κ2) is 4.55. The van der Waals surface area contributed by atoms with Gasteiger partial charge in [-0.05, 0) is 16.9 Å². The molecule has 0 aliphatic rings. The van der Waals surface area contributed by atoms with Crippen LogP contribution in [0.25, 0.3) is 0 Å². The van der Waals surface area contributed by atoms with Gasteiger partial charge in [0.2, 0.25) is 0 Å². The van der Waals surface area contributed by atoms with Gasteiger partial charge in [-0.2, -0.15) is 8.42 Å². The van der Waals surface area contributed by atoms with Crippen molar-refractivity contribution < 1.29 is 17.4 Å². The minimum absolute atomic E-state index is 0.0507. The standard InChI is InChI=1S/C10H14O4S2/c1-10(2,3)7-8(11)14-16(12,13)9-5-4-6-15-9/h4-6H,7H2,1-3H3. The molecule has 90 valence electrons. The molecule has 0 fully saturated rings. The lowest BCUT2D eigenvalue weighted by atomic mass is 9.93. The summed E-state index contributed by atoms with van der Waals surface area (Å²) in [5.74, 6) is -0.721. The van der Waals surface area contributed by atoms with Crippen molar-refractivity contribution >= 4 is 27.4 Å². The van der Waals surface area contributed by atoms with E-state index in [1.165, 1.54) is 6.07 Å². The molecule has 0 N–H and O–H groups in total. The Labute approximate surface area is 99.4 Å². The summed E-state index contributed by atoms with van der Waals surface area (Å²) in [6.07, 6.45) is 0.0671. The van der Waals surface area contributed by atoms with Crippen molar-refractivity contribution in [3.63, 3.8) is 0 Å². The normalized spacial score (nSPS) is 12.4. The lowest BCUT2D eigenvalue weighted by Gasteiger charge is -2.15. The monoisotopic (exact) mass is 262 g/mol. The molecule has 0 bridgehead atoms. The van der Waals surface area contributed by atoms with Gasteiger partial charge in [0.1, 0.15) is 0 Å². The van der Waals surface area contributed by atoms with E-state index in [2.05, 4.69) is 4.18 Å². The fourth-order valence-electron chi connectivity index (χ4n) is 1.03. The van der Waals surface area contributed by atoms with Crippen LogP contribution in [0, 0.1) is 5.41 Å². The van der Waals surface area contributed by atoms with Crippen LogP contribution in [0.4, 0.5) is 0 Å². The summed E-state index contributed by atoms with van der Waals surface area (Å²) < 4.78 is 27.7. The van der Waals surface area contributed by atoms with Crippen molar-refractivity contribution in [1.82, 2.24) is 0 Å². The topological polar surface area (TPSA) is 60.4 Å². The number of rotatable bonds is 3. The van der Waals surface area contributed by atoms with Crippen LogP contribution >= 0.6 is 11.3 Å². The van der Waals surface area contributed by atoms with Gasteiger partial charge in [0.25, 0.3) is 0 Å². The quantitative estimate of drug-likeness (QED) is 0.785. The predicted molar refractivity (Wildman–Crippen MR) is 61.7 cm³/mol. The summed E-state index contributed by atoms with van der Waals surface area (Å²) in [7, 11) is -3.92. The Morgan fingerprint density at radius 3 is 2.50 bits per heavy atom. The van der Waals surface area contributed by atoms with Crippen molar-refractivity contribution in [2.24, 2.45) is 5.41 Å². The Balaban J connectivity index is 2.72. The maximum Gasteiger partial charge on any atom is 0.351 e. The Hall–Kier alpha value is -0.880. The Bertz CT molecular complexity index is 452. The fraction of sp³-hybridized carbons (Fsp3) is 0.500. The number of carbonyl (C=O) groups excluding carboxylic acids is 1. The number of hydrogen-bond donors (Lipinski definition) is 0. The summed E-state index contributed by atoms with van der Waals surface area (Å²) in [6.45, 7) is 5.52. The molecular formula is C10H14O4S2. The van der Waals surface area contributed by atoms with Gasteiger partial charge < -0.3 is 4.18 Å². The molecule has 0 unspecified atom stereocenters. The number of thiophene rings is 1. The zero-order valence-electron chi connectivity index (χ0n) is 9.39. The Morgan fingerprint density at radius 1 is 1.44 bits per heavy atom.